The molecule has 5 aromatic rings. The summed E-state index contributed by atoms with van der Waals surface area (Å²) in [6, 6.07) is 26.0. The Morgan fingerprint density at radius 2 is 1.56 bits per heavy atom. The van der Waals surface area contributed by atoms with E-state index in [2.05, 4.69) is 84.9 Å². The van der Waals surface area contributed by atoms with Gasteiger partial charge in [0.05, 0.1) is 0 Å². The first-order chi connectivity index (χ1) is 13.4. The minimum atomic E-state index is 0.644. The van der Waals surface area contributed by atoms with Crippen LogP contribution < -0.4 is 4.74 Å². The van der Waals surface area contributed by atoms with E-state index in [0.29, 0.717) is 6.61 Å². The average Bonchev–Trinajstić information content (AvgIpc) is 3.14. The maximum absolute atomic E-state index is 6.05. The summed E-state index contributed by atoms with van der Waals surface area (Å²) in [5.74, 6) is 1.02. The number of hydrogen-bond acceptors (Lipinski definition) is 2. The summed E-state index contributed by atoms with van der Waals surface area (Å²) in [5.41, 5.74) is 3.74. The van der Waals surface area contributed by atoms with Crippen LogP contribution in [0, 0.1) is 0 Å². The highest BCUT2D eigenvalue weighted by molar-refractivity contribution is 7.26. The molecule has 0 fully saturated rings. The summed E-state index contributed by atoms with van der Waals surface area (Å²) in [7, 11) is 0. The Balaban J connectivity index is 1.75. The Labute approximate surface area is 161 Å². The largest absolute Gasteiger partial charge is 0.488 e. The fraction of sp³-hybridized carbons (Fsp3) is 0.0400. The molecule has 1 nitrogen and oxygen atoms in total. The van der Waals surface area contributed by atoms with Crippen molar-refractivity contribution in [2.24, 2.45) is 0 Å². The predicted octanol–water partition coefficient (Wildman–Crippen LogP) is 7.28. The molecule has 0 aliphatic carbocycles. The Bertz CT molecular complexity index is 1360. The molecule has 4 aromatic carbocycles. The molecule has 128 valence electrons. The van der Waals surface area contributed by atoms with Gasteiger partial charge in [-0.2, -0.15) is 0 Å². The van der Waals surface area contributed by atoms with Crippen molar-refractivity contribution in [2.75, 3.05) is 6.61 Å². The summed E-state index contributed by atoms with van der Waals surface area (Å²) in [5, 5.41) is 5.16. The van der Waals surface area contributed by atoms with Crippen molar-refractivity contribution in [3.63, 3.8) is 0 Å². The molecule has 27 heavy (non-hydrogen) atoms. The van der Waals surface area contributed by atoms with E-state index in [0.717, 1.165) is 5.75 Å². The van der Waals surface area contributed by atoms with Crippen LogP contribution in [0.2, 0.25) is 0 Å². The highest BCUT2D eigenvalue weighted by Crippen LogP contribution is 2.47. The molecule has 2 heterocycles. The third-order valence-electron chi connectivity index (χ3n) is 5.34. The van der Waals surface area contributed by atoms with E-state index in [-0.39, 0.29) is 0 Å². The van der Waals surface area contributed by atoms with Gasteiger partial charge in [0, 0.05) is 31.1 Å². The van der Waals surface area contributed by atoms with E-state index in [1.807, 2.05) is 11.3 Å². The summed E-state index contributed by atoms with van der Waals surface area (Å²) in [6.45, 7) is 0.644. The lowest BCUT2D eigenvalue weighted by Gasteiger charge is -2.16. The standard InChI is InChI=1S/C25H16OS/c1-2-7-16(8-3-1)17-12-13-20-22(15-17)27-25-21-11-6-14-26-24(21)19-10-5-4-9-18(19)23(20)25/h1-13,15H,14H2. The second kappa shape index (κ2) is 5.70. The van der Waals surface area contributed by atoms with Gasteiger partial charge in [-0.05, 0) is 28.7 Å². The molecule has 1 aliphatic heterocycles. The zero-order valence-corrected chi connectivity index (χ0v) is 15.4. The van der Waals surface area contributed by atoms with E-state index >= 15 is 0 Å². The van der Waals surface area contributed by atoms with Gasteiger partial charge in [0.2, 0.25) is 0 Å². The van der Waals surface area contributed by atoms with Gasteiger partial charge in [-0.3, -0.25) is 0 Å². The summed E-state index contributed by atoms with van der Waals surface area (Å²) >= 11 is 1.87. The minimum absolute atomic E-state index is 0.644. The molecule has 0 saturated carbocycles. The number of rotatable bonds is 1. The number of fused-ring (bicyclic) bond motifs is 8. The quantitative estimate of drug-likeness (QED) is 0.304. The normalized spacial score (nSPS) is 13.2. The molecule has 0 unspecified atom stereocenters. The molecule has 0 spiro atoms. The van der Waals surface area contributed by atoms with Gasteiger partial charge in [0.1, 0.15) is 12.4 Å². The van der Waals surface area contributed by atoms with Crippen molar-refractivity contribution in [3.8, 4) is 16.9 Å². The second-order valence-electron chi connectivity index (χ2n) is 6.88. The van der Waals surface area contributed by atoms with Crippen molar-refractivity contribution in [2.45, 2.75) is 0 Å². The Hall–Kier alpha value is -3.10. The summed E-state index contributed by atoms with van der Waals surface area (Å²) in [6.07, 6.45) is 4.33. The Morgan fingerprint density at radius 3 is 2.44 bits per heavy atom. The molecule has 0 atom stereocenters. The van der Waals surface area contributed by atoms with Crippen LogP contribution in [0.25, 0.3) is 48.1 Å². The van der Waals surface area contributed by atoms with Crippen molar-refractivity contribution in [3.05, 3.63) is 84.4 Å². The lowest BCUT2D eigenvalue weighted by atomic mass is 9.97. The van der Waals surface area contributed by atoms with Gasteiger partial charge in [-0.25, -0.2) is 0 Å². The van der Waals surface area contributed by atoms with Crippen molar-refractivity contribution in [1.82, 2.24) is 0 Å². The molecule has 0 radical (unpaired) electrons. The van der Waals surface area contributed by atoms with Gasteiger partial charge in [0.15, 0.2) is 0 Å². The second-order valence-corrected chi connectivity index (χ2v) is 7.94. The van der Waals surface area contributed by atoms with E-state index in [1.54, 1.807) is 0 Å². The maximum atomic E-state index is 6.05. The Morgan fingerprint density at radius 1 is 0.741 bits per heavy atom. The number of ether oxygens (including phenoxy) is 1. The van der Waals surface area contributed by atoms with Crippen LogP contribution >= 0.6 is 11.3 Å². The van der Waals surface area contributed by atoms with Crippen molar-refractivity contribution >= 4 is 48.4 Å². The van der Waals surface area contributed by atoms with E-state index in [1.165, 1.54) is 47.6 Å². The fourth-order valence-electron chi connectivity index (χ4n) is 4.12. The molecular formula is C25H16OS. The summed E-state index contributed by atoms with van der Waals surface area (Å²) < 4.78 is 8.70. The first kappa shape index (κ1) is 15.0. The van der Waals surface area contributed by atoms with Gasteiger partial charge in [-0.15, -0.1) is 11.3 Å². The highest BCUT2D eigenvalue weighted by Gasteiger charge is 2.19. The number of benzene rings is 4. The molecule has 2 heteroatoms. The van der Waals surface area contributed by atoms with Crippen LogP contribution in [0.5, 0.6) is 5.75 Å². The topological polar surface area (TPSA) is 9.23 Å². The van der Waals surface area contributed by atoms with Gasteiger partial charge in [0.25, 0.3) is 0 Å². The van der Waals surface area contributed by atoms with Crippen molar-refractivity contribution < 1.29 is 4.74 Å². The van der Waals surface area contributed by atoms with E-state index < -0.39 is 0 Å². The number of thiophene rings is 1. The molecule has 1 aromatic heterocycles. The molecular weight excluding hydrogens is 348 g/mol. The summed E-state index contributed by atoms with van der Waals surface area (Å²) in [4.78, 5) is 0. The first-order valence-corrected chi connectivity index (χ1v) is 9.97. The average molecular weight is 364 g/mol. The molecule has 1 aliphatic rings. The SMILES string of the molecule is C1=Cc2c(c3ccccc3c3c2sc2cc(-c4ccccc4)ccc23)OC1. The fourth-order valence-corrected chi connectivity index (χ4v) is 5.39. The van der Waals surface area contributed by atoms with Gasteiger partial charge >= 0.3 is 0 Å². The van der Waals surface area contributed by atoms with Crippen LogP contribution in [0.15, 0.2) is 78.9 Å². The Kier molecular flexibility index (Phi) is 3.17. The monoisotopic (exact) mass is 364 g/mol. The van der Waals surface area contributed by atoms with Crippen LogP contribution in [0.1, 0.15) is 5.56 Å². The van der Waals surface area contributed by atoms with E-state index in [4.69, 9.17) is 4.74 Å². The maximum Gasteiger partial charge on any atom is 0.136 e. The third-order valence-corrected chi connectivity index (χ3v) is 6.52. The zero-order chi connectivity index (χ0) is 17.8. The van der Waals surface area contributed by atoms with Gasteiger partial charge in [-0.1, -0.05) is 72.8 Å². The van der Waals surface area contributed by atoms with Crippen LogP contribution in [0.4, 0.5) is 0 Å². The van der Waals surface area contributed by atoms with Crippen LogP contribution in [-0.4, -0.2) is 6.61 Å². The minimum Gasteiger partial charge on any atom is -0.488 e. The van der Waals surface area contributed by atoms with Gasteiger partial charge < -0.3 is 4.74 Å². The third kappa shape index (κ3) is 2.17. The number of hydrogen-bond donors (Lipinski definition) is 0. The molecule has 6 rings (SSSR count). The zero-order valence-electron chi connectivity index (χ0n) is 14.6. The van der Waals surface area contributed by atoms with Crippen LogP contribution in [-0.2, 0) is 0 Å². The van der Waals surface area contributed by atoms with Crippen molar-refractivity contribution in [1.29, 1.82) is 0 Å². The van der Waals surface area contributed by atoms with E-state index in [9.17, 15) is 0 Å². The first-order valence-electron chi connectivity index (χ1n) is 9.16. The predicted molar refractivity (Wildman–Crippen MR) is 117 cm³/mol. The lowest BCUT2D eigenvalue weighted by Crippen LogP contribution is -2.01. The lowest BCUT2D eigenvalue weighted by molar-refractivity contribution is 0.363. The smallest absolute Gasteiger partial charge is 0.136 e. The molecule has 0 N–H and O–H groups in total. The molecule has 0 saturated heterocycles. The van der Waals surface area contributed by atoms with Crippen LogP contribution in [0.3, 0.4) is 0 Å². The highest BCUT2D eigenvalue weighted by atomic mass is 32.1. The molecule has 0 bridgehead atoms. The molecule has 0 amide bonds.